The van der Waals surface area contributed by atoms with Crippen LogP contribution in [0, 0.1) is 0 Å². The summed E-state index contributed by atoms with van der Waals surface area (Å²) in [5, 5.41) is 10.4. The van der Waals surface area contributed by atoms with Gasteiger partial charge in [0.2, 0.25) is 0 Å². The molecule has 0 amide bonds. The van der Waals surface area contributed by atoms with Crippen LogP contribution >= 0.6 is 0 Å². The second-order valence-corrected chi connectivity index (χ2v) is 13.4. The molecule has 45 heavy (non-hydrogen) atoms. The standard InChI is InChI=1S/C43H28N2/c1-43(2)36-15-6-3-10-27(36)28-21-19-26(23-37(28)43)44-38-16-7-4-12-30(38)33-20-18-25-22-35-32-14-9-13-31-29-11-5-8-17-39(29)45(41(31)32)40(35)24-34(25)42(33)44/h3-24H,1-2H3. The maximum Gasteiger partial charge on any atom is 0.0620 e. The van der Waals surface area contributed by atoms with Crippen LogP contribution in [0.15, 0.2) is 133 Å². The third kappa shape index (κ3) is 2.78. The molecule has 1 aliphatic carbocycles. The maximum absolute atomic E-state index is 2.52. The van der Waals surface area contributed by atoms with Crippen LogP contribution in [0.4, 0.5) is 0 Å². The van der Waals surface area contributed by atoms with Gasteiger partial charge in [-0.3, -0.25) is 0 Å². The van der Waals surface area contributed by atoms with E-state index in [-0.39, 0.29) is 5.41 Å². The molecule has 0 N–H and O–H groups in total. The summed E-state index contributed by atoms with van der Waals surface area (Å²) in [6.45, 7) is 4.73. The van der Waals surface area contributed by atoms with Crippen LogP contribution < -0.4 is 0 Å². The normalized spacial score (nSPS) is 14.2. The average molecular weight is 573 g/mol. The molecule has 2 nitrogen and oxygen atoms in total. The van der Waals surface area contributed by atoms with Crippen LogP contribution in [-0.2, 0) is 5.41 Å². The van der Waals surface area contributed by atoms with Gasteiger partial charge in [-0.1, -0.05) is 111 Å². The zero-order valence-corrected chi connectivity index (χ0v) is 25.1. The van der Waals surface area contributed by atoms with Crippen molar-refractivity contribution in [1.82, 2.24) is 8.97 Å². The summed E-state index contributed by atoms with van der Waals surface area (Å²) in [6.07, 6.45) is 0. The van der Waals surface area contributed by atoms with Gasteiger partial charge in [0.05, 0.1) is 27.6 Å². The molecule has 0 saturated heterocycles. The van der Waals surface area contributed by atoms with E-state index in [2.05, 4.69) is 156 Å². The molecule has 11 rings (SSSR count). The fourth-order valence-electron chi connectivity index (χ4n) is 8.81. The largest absolute Gasteiger partial charge is 0.309 e. The first-order chi connectivity index (χ1) is 22.1. The van der Waals surface area contributed by atoms with Gasteiger partial charge in [-0.25, -0.2) is 0 Å². The van der Waals surface area contributed by atoms with E-state index in [4.69, 9.17) is 0 Å². The minimum atomic E-state index is -0.0593. The molecule has 0 saturated carbocycles. The highest BCUT2D eigenvalue weighted by Crippen LogP contribution is 2.50. The number of hydrogen-bond donors (Lipinski definition) is 0. The topological polar surface area (TPSA) is 9.34 Å². The van der Waals surface area contributed by atoms with Crippen LogP contribution in [0.5, 0.6) is 0 Å². The lowest BCUT2D eigenvalue weighted by Crippen LogP contribution is -2.15. The van der Waals surface area contributed by atoms with E-state index in [0.717, 1.165) is 0 Å². The number of nitrogens with zero attached hydrogens (tertiary/aromatic N) is 2. The smallest absolute Gasteiger partial charge is 0.0620 e. The first-order valence-corrected chi connectivity index (χ1v) is 15.9. The van der Waals surface area contributed by atoms with Crippen LogP contribution in [0.3, 0.4) is 0 Å². The number of hydrogen-bond acceptors (Lipinski definition) is 0. The predicted octanol–water partition coefficient (Wildman–Crippen LogP) is 11.4. The summed E-state index contributed by atoms with van der Waals surface area (Å²) < 4.78 is 5.01. The molecule has 1 aliphatic rings. The number of para-hydroxylation sites is 3. The van der Waals surface area contributed by atoms with E-state index < -0.39 is 0 Å². The second kappa shape index (κ2) is 7.91. The highest BCUT2D eigenvalue weighted by atomic mass is 15.0. The summed E-state index contributed by atoms with van der Waals surface area (Å²) in [7, 11) is 0. The molecule has 0 spiro atoms. The van der Waals surface area contributed by atoms with E-state index in [1.54, 1.807) is 0 Å². The lowest BCUT2D eigenvalue weighted by atomic mass is 9.82. The Labute approximate surface area is 259 Å². The molecule has 0 atom stereocenters. The Morgan fingerprint density at radius 2 is 1.09 bits per heavy atom. The molecule has 3 aromatic heterocycles. The van der Waals surface area contributed by atoms with Gasteiger partial charge in [0.25, 0.3) is 0 Å². The summed E-state index contributed by atoms with van der Waals surface area (Å²) in [5.74, 6) is 0. The maximum atomic E-state index is 2.52. The van der Waals surface area contributed by atoms with Gasteiger partial charge < -0.3 is 8.97 Å². The SMILES string of the molecule is CC1(C)c2ccccc2-c2ccc(-n3c4ccccc4c4ccc5cc6c7cccc8c9ccccc9n(c6cc5c43)c87)cc21. The monoisotopic (exact) mass is 572 g/mol. The van der Waals surface area contributed by atoms with Crippen molar-refractivity contribution >= 4 is 70.7 Å². The van der Waals surface area contributed by atoms with Gasteiger partial charge in [0.1, 0.15) is 0 Å². The zero-order chi connectivity index (χ0) is 29.6. The Morgan fingerprint density at radius 3 is 1.96 bits per heavy atom. The van der Waals surface area contributed by atoms with Gasteiger partial charge in [-0.05, 0) is 64.0 Å². The Kier molecular flexibility index (Phi) is 4.19. The Bertz CT molecular complexity index is 2890. The summed E-state index contributed by atoms with van der Waals surface area (Å²) in [5.41, 5.74) is 13.0. The minimum Gasteiger partial charge on any atom is -0.309 e. The molecule has 2 heteroatoms. The van der Waals surface area contributed by atoms with Crippen LogP contribution in [0.25, 0.3) is 87.5 Å². The fraction of sp³-hybridized carbons (Fsp3) is 0.0698. The highest BCUT2D eigenvalue weighted by Gasteiger charge is 2.35. The molecule has 7 aromatic carbocycles. The van der Waals surface area contributed by atoms with Gasteiger partial charge in [-0.2, -0.15) is 0 Å². The van der Waals surface area contributed by atoms with Gasteiger partial charge in [-0.15, -0.1) is 0 Å². The minimum absolute atomic E-state index is 0.0593. The van der Waals surface area contributed by atoms with E-state index >= 15 is 0 Å². The Balaban J connectivity index is 1.29. The summed E-state index contributed by atoms with van der Waals surface area (Å²) in [6, 6.07) is 50.1. The van der Waals surface area contributed by atoms with Gasteiger partial charge in [0, 0.05) is 48.8 Å². The van der Waals surface area contributed by atoms with Crippen molar-refractivity contribution in [1.29, 1.82) is 0 Å². The van der Waals surface area contributed by atoms with Crippen molar-refractivity contribution in [3.8, 4) is 16.8 Å². The van der Waals surface area contributed by atoms with Crippen LogP contribution in [0.2, 0.25) is 0 Å². The molecular weight excluding hydrogens is 544 g/mol. The van der Waals surface area contributed by atoms with Crippen molar-refractivity contribution < 1.29 is 0 Å². The number of fused-ring (bicyclic) bond motifs is 14. The zero-order valence-electron chi connectivity index (χ0n) is 25.1. The third-order valence-electron chi connectivity index (χ3n) is 10.8. The Morgan fingerprint density at radius 1 is 0.422 bits per heavy atom. The number of benzene rings is 7. The van der Waals surface area contributed by atoms with Crippen molar-refractivity contribution in [2.45, 2.75) is 19.3 Å². The van der Waals surface area contributed by atoms with E-state index in [9.17, 15) is 0 Å². The third-order valence-corrected chi connectivity index (χ3v) is 10.8. The molecule has 0 unspecified atom stereocenters. The molecule has 0 fully saturated rings. The lowest BCUT2D eigenvalue weighted by Gasteiger charge is -2.22. The first kappa shape index (κ1) is 23.8. The molecule has 0 aliphatic heterocycles. The molecule has 0 bridgehead atoms. The predicted molar refractivity (Wildman–Crippen MR) is 191 cm³/mol. The molecule has 10 aromatic rings. The highest BCUT2D eigenvalue weighted by molar-refractivity contribution is 6.27. The first-order valence-electron chi connectivity index (χ1n) is 15.9. The van der Waals surface area contributed by atoms with Crippen LogP contribution in [0.1, 0.15) is 25.0 Å². The Hall–Kier alpha value is -5.60. The van der Waals surface area contributed by atoms with E-state index in [0.29, 0.717) is 0 Å². The van der Waals surface area contributed by atoms with Crippen LogP contribution in [-0.4, -0.2) is 8.97 Å². The number of aromatic nitrogens is 2. The fourth-order valence-corrected chi connectivity index (χ4v) is 8.81. The lowest BCUT2D eigenvalue weighted by molar-refractivity contribution is 0.660. The quantitative estimate of drug-likeness (QED) is 0.185. The molecule has 210 valence electrons. The molecular formula is C43H28N2. The van der Waals surface area contributed by atoms with E-state index in [1.165, 1.54) is 98.6 Å². The van der Waals surface area contributed by atoms with Gasteiger partial charge >= 0.3 is 0 Å². The van der Waals surface area contributed by atoms with E-state index in [1.807, 2.05) is 0 Å². The molecule has 0 radical (unpaired) electrons. The van der Waals surface area contributed by atoms with Gasteiger partial charge in [0.15, 0.2) is 0 Å². The summed E-state index contributed by atoms with van der Waals surface area (Å²) in [4.78, 5) is 0. The summed E-state index contributed by atoms with van der Waals surface area (Å²) >= 11 is 0. The average Bonchev–Trinajstić information content (AvgIpc) is 3.77. The van der Waals surface area contributed by atoms with Crippen molar-refractivity contribution in [3.63, 3.8) is 0 Å². The van der Waals surface area contributed by atoms with Crippen molar-refractivity contribution in [2.24, 2.45) is 0 Å². The number of rotatable bonds is 1. The van der Waals surface area contributed by atoms with Crippen molar-refractivity contribution in [2.75, 3.05) is 0 Å². The molecule has 3 heterocycles. The van der Waals surface area contributed by atoms with Crippen molar-refractivity contribution in [3.05, 3.63) is 145 Å². The second-order valence-electron chi connectivity index (χ2n) is 13.4.